The third-order valence-corrected chi connectivity index (χ3v) is 3.28. The van der Waals surface area contributed by atoms with Crippen LogP contribution in [-0.2, 0) is 6.42 Å². The highest BCUT2D eigenvalue weighted by atomic mass is 79.9. The lowest BCUT2D eigenvalue weighted by atomic mass is 10.0. The van der Waals surface area contributed by atoms with E-state index >= 15 is 0 Å². The molecule has 0 amide bonds. The molecular weight excluding hydrogens is 282 g/mol. The van der Waals surface area contributed by atoms with Gasteiger partial charge in [-0.25, -0.2) is 0 Å². The van der Waals surface area contributed by atoms with E-state index in [1.165, 1.54) is 5.56 Å². The van der Waals surface area contributed by atoms with Gasteiger partial charge < -0.3 is 15.5 Å². The van der Waals surface area contributed by atoms with Crippen molar-refractivity contribution < 1.29 is 10.2 Å². The molecule has 0 heterocycles. The highest BCUT2D eigenvalue weighted by Gasteiger charge is 2.23. The molecule has 0 aliphatic carbocycles. The van der Waals surface area contributed by atoms with Crippen LogP contribution >= 0.6 is 15.9 Å². The molecule has 0 saturated carbocycles. The summed E-state index contributed by atoms with van der Waals surface area (Å²) in [4.78, 5) is 0. The number of nitrogens with one attached hydrogen (secondary N) is 1. The second-order valence-electron chi connectivity index (χ2n) is 4.75. The summed E-state index contributed by atoms with van der Waals surface area (Å²) < 4.78 is 1.07. The number of rotatable bonds is 6. The van der Waals surface area contributed by atoms with Gasteiger partial charge in [0.15, 0.2) is 0 Å². The number of hydrogen-bond donors (Lipinski definition) is 3. The van der Waals surface area contributed by atoms with E-state index in [0.717, 1.165) is 10.9 Å². The molecule has 3 nitrogen and oxygen atoms in total. The number of halogens is 1. The van der Waals surface area contributed by atoms with Crippen LogP contribution in [0.4, 0.5) is 0 Å². The van der Waals surface area contributed by atoms with Crippen molar-refractivity contribution in [3.63, 3.8) is 0 Å². The molecule has 1 aromatic carbocycles. The quantitative estimate of drug-likeness (QED) is 0.750. The maximum Gasteiger partial charge on any atom is 0.0633 e. The van der Waals surface area contributed by atoms with E-state index in [4.69, 9.17) is 0 Å². The summed E-state index contributed by atoms with van der Waals surface area (Å²) in [6.45, 7) is 3.71. The Bertz CT molecular complexity index is 336. The predicted octanol–water partition coefficient (Wildman–Crippen LogP) is 1.71. The van der Waals surface area contributed by atoms with Crippen molar-refractivity contribution >= 4 is 15.9 Å². The summed E-state index contributed by atoms with van der Waals surface area (Å²) in [6.07, 6.45) is 0.864. The minimum atomic E-state index is -0.616. The van der Waals surface area contributed by atoms with Crippen LogP contribution in [0.25, 0.3) is 0 Å². The van der Waals surface area contributed by atoms with Crippen LogP contribution in [0, 0.1) is 0 Å². The maximum atomic E-state index is 9.21. The van der Waals surface area contributed by atoms with E-state index in [2.05, 4.69) is 33.4 Å². The Morgan fingerprint density at radius 2 is 1.76 bits per heavy atom. The first-order valence-corrected chi connectivity index (χ1v) is 6.52. The first-order valence-electron chi connectivity index (χ1n) is 5.73. The van der Waals surface area contributed by atoms with E-state index in [1.54, 1.807) is 0 Å². The Labute approximate surface area is 111 Å². The molecule has 0 aromatic heterocycles. The molecular formula is C13H20BrNO2. The van der Waals surface area contributed by atoms with Gasteiger partial charge in [-0.15, -0.1) is 0 Å². The monoisotopic (exact) mass is 301 g/mol. The van der Waals surface area contributed by atoms with Crippen molar-refractivity contribution in [1.29, 1.82) is 0 Å². The number of aliphatic hydroxyl groups is 2. The highest BCUT2D eigenvalue weighted by molar-refractivity contribution is 9.10. The Kier molecular flexibility index (Phi) is 5.59. The molecule has 0 radical (unpaired) electrons. The summed E-state index contributed by atoms with van der Waals surface area (Å²) in [6, 6.07) is 8.36. The molecule has 1 rings (SSSR count). The molecule has 0 saturated heterocycles. The van der Waals surface area contributed by atoms with Gasteiger partial charge in [0.25, 0.3) is 0 Å². The molecule has 17 heavy (non-hydrogen) atoms. The number of benzene rings is 1. The number of aliphatic hydroxyl groups excluding tert-OH is 2. The zero-order chi connectivity index (χ0) is 12.9. The fraction of sp³-hybridized carbons (Fsp3) is 0.538. The van der Waals surface area contributed by atoms with Gasteiger partial charge in [0, 0.05) is 10.5 Å². The molecule has 0 bridgehead atoms. The van der Waals surface area contributed by atoms with Gasteiger partial charge in [-0.05, 0) is 38.0 Å². The average Bonchev–Trinajstić information content (AvgIpc) is 2.32. The predicted molar refractivity (Wildman–Crippen MR) is 73.0 cm³/mol. The summed E-state index contributed by atoms with van der Waals surface area (Å²) >= 11 is 3.40. The zero-order valence-corrected chi connectivity index (χ0v) is 11.9. The minimum Gasteiger partial charge on any atom is -0.394 e. The van der Waals surface area contributed by atoms with Gasteiger partial charge in [0.05, 0.1) is 18.8 Å². The van der Waals surface area contributed by atoms with Crippen molar-refractivity contribution in [1.82, 2.24) is 5.32 Å². The van der Waals surface area contributed by atoms with Crippen LogP contribution in [-0.4, -0.2) is 35.0 Å². The topological polar surface area (TPSA) is 52.5 Å². The van der Waals surface area contributed by atoms with Crippen molar-refractivity contribution in [2.75, 3.05) is 13.2 Å². The first-order chi connectivity index (χ1) is 7.99. The SMILES string of the molecule is CC(Cc1ccc(Br)cc1)NC(C)(CO)CO. The third kappa shape index (κ3) is 4.76. The smallest absolute Gasteiger partial charge is 0.0633 e. The van der Waals surface area contributed by atoms with Crippen molar-refractivity contribution in [2.45, 2.75) is 31.8 Å². The Morgan fingerprint density at radius 1 is 1.24 bits per heavy atom. The first kappa shape index (κ1) is 14.6. The summed E-state index contributed by atoms with van der Waals surface area (Å²) in [5.41, 5.74) is 0.612. The lowest BCUT2D eigenvalue weighted by Crippen LogP contribution is -2.53. The van der Waals surface area contributed by atoms with Gasteiger partial charge >= 0.3 is 0 Å². The molecule has 0 fully saturated rings. The van der Waals surface area contributed by atoms with Gasteiger partial charge in [0.1, 0.15) is 0 Å². The molecule has 0 spiro atoms. The van der Waals surface area contributed by atoms with Crippen molar-refractivity contribution in [3.05, 3.63) is 34.3 Å². The largest absolute Gasteiger partial charge is 0.394 e. The van der Waals surface area contributed by atoms with Gasteiger partial charge in [-0.2, -0.15) is 0 Å². The molecule has 0 aliphatic heterocycles. The third-order valence-electron chi connectivity index (χ3n) is 2.75. The highest BCUT2D eigenvalue weighted by Crippen LogP contribution is 2.13. The van der Waals surface area contributed by atoms with E-state index in [-0.39, 0.29) is 19.3 Å². The Morgan fingerprint density at radius 3 is 2.24 bits per heavy atom. The minimum absolute atomic E-state index is 0.0752. The molecule has 0 aliphatic rings. The molecule has 1 atom stereocenters. The Hall–Kier alpha value is -0.420. The molecule has 1 aromatic rings. The summed E-state index contributed by atoms with van der Waals surface area (Å²) in [5.74, 6) is 0. The van der Waals surface area contributed by atoms with Crippen molar-refractivity contribution in [3.8, 4) is 0 Å². The van der Waals surface area contributed by atoms with Crippen LogP contribution in [0.1, 0.15) is 19.4 Å². The summed E-state index contributed by atoms with van der Waals surface area (Å²) in [7, 11) is 0. The standard InChI is InChI=1S/C13H20BrNO2/c1-10(15-13(2,8-16)9-17)7-11-3-5-12(14)6-4-11/h3-6,10,15-17H,7-9H2,1-2H3. The molecule has 3 N–H and O–H groups in total. The van der Waals surface area contributed by atoms with Crippen molar-refractivity contribution in [2.24, 2.45) is 0 Å². The van der Waals surface area contributed by atoms with Crippen LogP contribution in [0.3, 0.4) is 0 Å². The molecule has 1 unspecified atom stereocenters. The second-order valence-corrected chi connectivity index (χ2v) is 5.67. The average molecular weight is 302 g/mol. The van der Waals surface area contributed by atoms with Crippen LogP contribution < -0.4 is 5.32 Å². The fourth-order valence-electron chi connectivity index (χ4n) is 1.76. The van der Waals surface area contributed by atoms with E-state index in [9.17, 15) is 10.2 Å². The van der Waals surface area contributed by atoms with Crippen LogP contribution in [0.5, 0.6) is 0 Å². The lowest BCUT2D eigenvalue weighted by molar-refractivity contribution is 0.0957. The van der Waals surface area contributed by atoms with Gasteiger partial charge in [-0.3, -0.25) is 0 Å². The van der Waals surface area contributed by atoms with E-state index in [1.807, 2.05) is 26.0 Å². The number of hydrogen-bond acceptors (Lipinski definition) is 3. The van der Waals surface area contributed by atoms with E-state index in [0.29, 0.717) is 0 Å². The molecule has 4 heteroatoms. The van der Waals surface area contributed by atoms with Crippen LogP contribution in [0.15, 0.2) is 28.7 Å². The van der Waals surface area contributed by atoms with E-state index < -0.39 is 5.54 Å². The second kappa shape index (κ2) is 6.50. The molecule has 96 valence electrons. The Balaban J connectivity index is 2.54. The maximum absolute atomic E-state index is 9.21. The van der Waals surface area contributed by atoms with Crippen LogP contribution in [0.2, 0.25) is 0 Å². The zero-order valence-electron chi connectivity index (χ0n) is 10.3. The van der Waals surface area contributed by atoms with Gasteiger partial charge in [0.2, 0.25) is 0 Å². The summed E-state index contributed by atoms with van der Waals surface area (Å²) in [5, 5.41) is 21.7. The fourth-order valence-corrected chi connectivity index (χ4v) is 2.03. The lowest BCUT2D eigenvalue weighted by Gasteiger charge is -2.30. The normalized spacial score (nSPS) is 13.7. The van der Waals surface area contributed by atoms with Gasteiger partial charge in [-0.1, -0.05) is 28.1 Å².